The fourth-order valence-electron chi connectivity index (χ4n) is 4.33. The standard InChI is InChI=1S/C21H29ClFN3O5S/c22-18-8-17(19(23)9-20(18)30-13-14-4-1-2-5-14)21(27)25-32(28,29)26-11-16(12-26)31-15-6-3-7-24-10-15/h8-9,14-16,24H,1-7,10-13H2,(H,25,27)/t15-/m0/s1. The molecule has 0 bridgehead atoms. The molecule has 0 radical (unpaired) electrons. The van der Waals surface area contributed by atoms with Crippen LogP contribution in [0, 0.1) is 11.7 Å². The summed E-state index contributed by atoms with van der Waals surface area (Å²) >= 11 is 6.16. The van der Waals surface area contributed by atoms with Gasteiger partial charge in [-0.05, 0) is 44.2 Å². The number of piperidine rings is 1. The van der Waals surface area contributed by atoms with Crippen molar-refractivity contribution in [3.63, 3.8) is 0 Å². The molecule has 2 aliphatic heterocycles. The molecular weight excluding hydrogens is 461 g/mol. The summed E-state index contributed by atoms with van der Waals surface area (Å²) in [6, 6.07) is 2.13. The summed E-state index contributed by atoms with van der Waals surface area (Å²) in [5.41, 5.74) is -0.451. The lowest BCUT2D eigenvalue weighted by Crippen LogP contribution is -2.59. The van der Waals surface area contributed by atoms with Gasteiger partial charge in [0.1, 0.15) is 11.6 Å². The summed E-state index contributed by atoms with van der Waals surface area (Å²) in [6.07, 6.45) is 6.27. The number of nitrogens with zero attached hydrogens (tertiary/aromatic N) is 1. The number of benzene rings is 1. The van der Waals surface area contributed by atoms with Gasteiger partial charge in [0.05, 0.1) is 29.4 Å². The summed E-state index contributed by atoms with van der Waals surface area (Å²) in [4.78, 5) is 12.5. The number of hydrogen-bond acceptors (Lipinski definition) is 6. The van der Waals surface area contributed by atoms with Crippen LogP contribution in [0.3, 0.4) is 0 Å². The Labute approximate surface area is 193 Å². The van der Waals surface area contributed by atoms with E-state index in [2.05, 4.69) is 5.32 Å². The molecule has 0 unspecified atom stereocenters. The summed E-state index contributed by atoms with van der Waals surface area (Å²) in [5, 5.41) is 3.30. The fourth-order valence-corrected chi connectivity index (χ4v) is 5.74. The van der Waals surface area contributed by atoms with Crippen LogP contribution in [0.2, 0.25) is 5.02 Å². The zero-order chi connectivity index (χ0) is 22.7. The van der Waals surface area contributed by atoms with Crippen LogP contribution in [-0.2, 0) is 14.9 Å². The van der Waals surface area contributed by atoms with E-state index < -0.39 is 27.5 Å². The summed E-state index contributed by atoms with van der Waals surface area (Å²) in [5.74, 6) is -1.40. The zero-order valence-electron chi connectivity index (χ0n) is 17.8. The molecule has 3 fully saturated rings. The highest BCUT2D eigenvalue weighted by atomic mass is 35.5. The molecule has 2 N–H and O–H groups in total. The van der Waals surface area contributed by atoms with Gasteiger partial charge in [-0.2, -0.15) is 12.7 Å². The third-order valence-electron chi connectivity index (χ3n) is 6.23. The van der Waals surface area contributed by atoms with Crippen molar-refractivity contribution in [1.29, 1.82) is 0 Å². The molecule has 1 aliphatic carbocycles. The lowest BCUT2D eigenvalue weighted by atomic mass is 10.1. The molecule has 4 rings (SSSR count). The molecular formula is C21H29ClFN3O5S. The Morgan fingerprint density at radius 1 is 1.19 bits per heavy atom. The van der Waals surface area contributed by atoms with Crippen molar-refractivity contribution in [3.05, 3.63) is 28.5 Å². The van der Waals surface area contributed by atoms with Crippen molar-refractivity contribution < 1.29 is 27.1 Å². The van der Waals surface area contributed by atoms with Crippen LogP contribution >= 0.6 is 11.6 Å². The van der Waals surface area contributed by atoms with Gasteiger partial charge in [-0.1, -0.05) is 24.4 Å². The molecule has 3 aliphatic rings. The van der Waals surface area contributed by atoms with Crippen molar-refractivity contribution in [2.24, 2.45) is 5.92 Å². The number of halogens is 2. The molecule has 0 spiro atoms. The molecule has 11 heteroatoms. The monoisotopic (exact) mass is 489 g/mol. The summed E-state index contributed by atoms with van der Waals surface area (Å²) < 4.78 is 54.0. The van der Waals surface area contributed by atoms with Crippen LogP contribution < -0.4 is 14.8 Å². The fraction of sp³-hybridized carbons (Fsp3) is 0.667. The van der Waals surface area contributed by atoms with Gasteiger partial charge in [-0.15, -0.1) is 0 Å². The Kier molecular flexibility index (Phi) is 7.56. The van der Waals surface area contributed by atoms with E-state index in [9.17, 15) is 17.6 Å². The largest absolute Gasteiger partial charge is 0.492 e. The average molecular weight is 490 g/mol. The van der Waals surface area contributed by atoms with Crippen molar-refractivity contribution >= 4 is 27.7 Å². The Morgan fingerprint density at radius 3 is 2.62 bits per heavy atom. The molecule has 0 aromatic heterocycles. The van der Waals surface area contributed by atoms with E-state index in [0.29, 0.717) is 12.5 Å². The molecule has 1 aromatic carbocycles. The first-order chi connectivity index (χ1) is 15.3. The normalized spacial score (nSPS) is 23.1. The van der Waals surface area contributed by atoms with Gasteiger partial charge >= 0.3 is 10.2 Å². The predicted octanol–water partition coefficient (Wildman–Crippen LogP) is 2.48. The third-order valence-corrected chi connectivity index (χ3v) is 7.94. The number of carbonyl (C=O) groups is 1. The number of amides is 1. The Hall–Kier alpha value is -1.46. The summed E-state index contributed by atoms with van der Waals surface area (Å²) in [7, 11) is -4.11. The Balaban J connectivity index is 1.31. The van der Waals surface area contributed by atoms with Gasteiger partial charge in [0.25, 0.3) is 5.91 Å². The highest BCUT2D eigenvalue weighted by Gasteiger charge is 2.39. The lowest BCUT2D eigenvalue weighted by molar-refractivity contribution is -0.0729. The van der Waals surface area contributed by atoms with Crippen LogP contribution in [0.15, 0.2) is 12.1 Å². The number of nitrogens with one attached hydrogen (secondary N) is 2. The van der Waals surface area contributed by atoms with Crippen LogP contribution in [0.4, 0.5) is 4.39 Å². The van der Waals surface area contributed by atoms with Crippen LogP contribution in [0.5, 0.6) is 5.75 Å². The Bertz CT molecular complexity index is 930. The van der Waals surface area contributed by atoms with E-state index in [-0.39, 0.29) is 36.1 Å². The minimum Gasteiger partial charge on any atom is -0.492 e. The van der Waals surface area contributed by atoms with E-state index in [0.717, 1.165) is 68.1 Å². The Morgan fingerprint density at radius 2 is 1.94 bits per heavy atom. The maximum atomic E-state index is 14.5. The SMILES string of the molecule is O=C(NS(=O)(=O)N1CC(O[C@H]2CCCNC2)C1)c1cc(Cl)c(OCC2CCCC2)cc1F. The van der Waals surface area contributed by atoms with Gasteiger partial charge in [-0.3, -0.25) is 4.79 Å². The first-order valence-electron chi connectivity index (χ1n) is 11.1. The second-order valence-electron chi connectivity index (χ2n) is 8.70. The minimum atomic E-state index is -4.11. The zero-order valence-corrected chi connectivity index (χ0v) is 19.4. The first kappa shape index (κ1) is 23.7. The van der Waals surface area contributed by atoms with Crippen LogP contribution in [0.25, 0.3) is 0 Å². The van der Waals surface area contributed by atoms with Crippen molar-refractivity contribution in [2.75, 3.05) is 32.8 Å². The van der Waals surface area contributed by atoms with Gasteiger partial charge in [0, 0.05) is 25.7 Å². The van der Waals surface area contributed by atoms with Gasteiger partial charge in [0.15, 0.2) is 0 Å². The van der Waals surface area contributed by atoms with E-state index in [1.165, 1.54) is 0 Å². The van der Waals surface area contributed by atoms with Gasteiger partial charge in [-0.25, -0.2) is 9.11 Å². The van der Waals surface area contributed by atoms with E-state index in [4.69, 9.17) is 21.1 Å². The number of carbonyl (C=O) groups excluding carboxylic acids is 1. The minimum absolute atomic E-state index is 0.0606. The molecule has 2 heterocycles. The molecule has 178 valence electrons. The van der Waals surface area contributed by atoms with Crippen LogP contribution in [0.1, 0.15) is 48.9 Å². The predicted molar refractivity (Wildman–Crippen MR) is 118 cm³/mol. The number of hydrogen-bond donors (Lipinski definition) is 2. The smallest absolute Gasteiger partial charge is 0.304 e. The second kappa shape index (κ2) is 10.2. The second-order valence-corrected chi connectivity index (χ2v) is 10.8. The molecule has 1 saturated carbocycles. The van der Waals surface area contributed by atoms with Crippen molar-refractivity contribution in [1.82, 2.24) is 14.3 Å². The topological polar surface area (TPSA) is 97.0 Å². The third kappa shape index (κ3) is 5.72. The molecule has 2 saturated heterocycles. The molecule has 1 amide bonds. The summed E-state index contributed by atoms with van der Waals surface area (Å²) in [6.45, 7) is 2.45. The van der Waals surface area contributed by atoms with E-state index >= 15 is 0 Å². The number of rotatable bonds is 8. The highest BCUT2D eigenvalue weighted by Crippen LogP contribution is 2.31. The van der Waals surface area contributed by atoms with Crippen molar-refractivity contribution in [3.8, 4) is 5.75 Å². The van der Waals surface area contributed by atoms with Gasteiger partial charge < -0.3 is 14.8 Å². The maximum Gasteiger partial charge on any atom is 0.304 e. The van der Waals surface area contributed by atoms with E-state index in [1.807, 2.05) is 4.72 Å². The first-order valence-corrected chi connectivity index (χ1v) is 12.9. The molecule has 1 atom stereocenters. The lowest BCUT2D eigenvalue weighted by Gasteiger charge is -2.40. The van der Waals surface area contributed by atoms with E-state index in [1.54, 1.807) is 0 Å². The molecule has 8 nitrogen and oxygen atoms in total. The molecule has 1 aromatic rings. The quantitative estimate of drug-likeness (QED) is 0.582. The maximum absolute atomic E-state index is 14.5. The average Bonchev–Trinajstić information content (AvgIpc) is 3.24. The van der Waals surface area contributed by atoms with Crippen LogP contribution in [-0.4, -0.2) is 63.6 Å². The van der Waals surface area contributed by atoms with Crippen molar-refractivity contribution in [2.45, 2.75) is 50.7 Å². The number of ether oxygens (including phenoxy) is 2. The molecule has 32 heavy (non-hydrogen) atoms. The van der Waals surface area contributed by atoms with Gasteiger partial charge in [0.2, 0.25) is 0 Å². The highest BCUT2D eigenvalue weighted by molar-refractivity contribution is 7.87.